The van der Waals surface area contributed by atoms with E-state index >= 15 is 0 Å². The van der Waals surface area contributed by atoms with Crippen LogP contribution in [0.3, 0.4) is 0 Å². The number of esters is 1. The number of carbonyl (C=O) groups excluding carboxylic acids is 1. The van der Waals surface area contributed by atoms with Crippen LogP contribution in [0.5, 0.6) is 0 Å². The summed E-state index contributed by atoms with van der Waals surface area (Å²) in [6.07, 6.45) is 0.340. The van der Waals surface area contributed by atoms with E-state index in [4.69, 9.17) is 9.84 Å². The molecule has 5 heteroatoms. The number of ether oxygens (including phenoxy) is 1. The standard InChI is InChI=1S/C14H17FO4/c1-4-12(8(2)3)19-14(18)10-6-5-9(15)7-11(10)13(16)17/h5-8,12H,4H2,1-3H3,(H,16,17). The Hall–Kier alpha value is -1.91. The minimum Gasteiger partial charge on any atom is -0.478 e. The lowest BCUT2D eigenvalue weighted by Crippen LogP contribution is -2.24. The second-order valence-electron chi connectivity index (χ2n) is 4.59. The summed E-state index contributed by atoms with van der Waals surface area (Å²) in [5.74, 6) is -2.67. The first-order chi connectivity index (χ1) is 8.86. The molecular formula is C14H17FO4. The van der Waals surface area contributed by atoms with E-state index in [0.29, 0.717) is 6.42 Å². The minimum absolute atomic E-state index is 0.127. The van der Waals surface area contributed by atoms with Crippen molar-refractivity contribution in [3.05, 3.63) is 35.1 Å². The van der Waals surface area contributed by atoms with E-state index in [-0.39, 0.29) is 23.1 Å². The van der Waals surface area contributed by atoms with Gasteiger partial charge < -0.3 is 9.84 Å². The van der Waals surface area contributed by atoms with Crippen LogP contribution in [0.15, 0.2) is 18.2 Å². The number of aromatic carboxylic acids is 1. The van der Waals surface area contributed by atoms with Crippen molar-refractivity contribution in [1.82, 2.24) is 0 Å². The Balaban J connectivity index is 3.03. The predicted octanol–water partition coefficient (Wildman–Crippen LogP) is 3.12. The van der Waals surface area contributed by atoms with E-state index in [0.717, 1.165) is 18.2 Å². The fourth-order valence-electron chi connectivity index (χ4n) is 1.76. The van der Waals surface area contributed by atoms with Crippen LogP contribution >= 0.6 is 0 Å². The summed E-state index contributed by atoms with van der Waals surface area (Å²) in [7, 11) is 0. The fraction of sp³-hybridized carbons (Fsp3) is 0.429. The number of hydrogen-bond acceptors (Lipinski definition) is 3. The second-order valence-corrected chi connectivity index (χ2v) is 4.59. The largest absolute Gasteiger partial charge is 0.478 e. The molecule has 0 aliphatic rings. The molecule has 4 nitrogen and oxygen atoms in total. The van der Waals surface area contributed by atoms with Gasteiger partial charge in [0.2, 0.25) is 0 Å². The van der Waals surface area contributed by atoms with Crippen molar-refractivity contribution in [2.75, 3.05) is 0 Å². The molecule has 0 spiro atoms. The normalized spacial score (nSPS) is 12.3. The summed E-state index contributed by atoms with van der Waals surface area (Å²) in [6, 6.07) is 2.99. The second kappa shape index (κ2) is 6.31. The summed E-state index contributed by atoms with van der Waals surface area (Å²) < 4.78 is 18.3. The van der Waals surface area contributed by atoms with Gasteiger partial charge >= 0.3 is 11.9 Å². The first-order valence-corrected chi connectivity index (χ1v) is 6.10. The first-order valence-electron chi connectivity index (χ1n) is 6.10. The molecule has 0 saturated carbocycles. The molecule has 0 heterocycles. The van der Waals surface area contributed by atoms with Crippen LogP contribution in [0.25, 0.3) is 0 Å². The number of carbonyl (C=O) groups is 2. The monoisotopic (exact) mass is 268 g/mol. The molecule has 1 unspecified atom stereocenters. The van der Waals surface area contributed by atoms with Crippen molar-refractivity contribution in [2.45, 2.75) is 33.3 Å². The van der Waals surface area contributed by atoms with Crippen LogP contribution in [0.2, 0.25) is 0 Å². The van der Waals surface area contributed by atoms with Crippen molar-refractivity contribution >= 4 is 11.9 Å². The van der Waals surface area contributed by atoms with Crippen molar-refractivity contribution in [3.8, 4) is 0 Å². The van der Waals surface area contributed by atoms with Gasteiger partial charge in [0.05, 0.1) is 11.1 Å². The van der Waals surface area contributed by atoms with Crippen LogP contribution in [0.1, 0.15) is 47.9 Å². The van der Waals surface area contributed by atoms with E-state index in [1.165, 1.54) is 0 Å². The highest BCUT2D eigenvalue weighted by atomic mass is 19.1. The number of carboxylic acid groups (broad SMARTS) is 1. The summed E-state index contributed by atoms with van der Waals surface area (Å²) in [6.45, 7) is 5.69. The molecule has 0 saturated heterocycles. The highest BCUT2D eigenvalue weighted by molar-refractivity contribution is 6.02. The number of halogens is 1. The first kappa shape index (κ1) is 15.1. The van der Waals surface area contributed by atoms with Gasteiger partial charge in [-0.25, -0.2) is 14.0 Å². The third-order valence-electron chi connectivity index (χ3n) is 2.84. The maximum absolute atomic E-state index is 13.0. The van der Waals surface area contributed by atoms with Gasteiger partial charge in [-0.05, 0) is 30.5 Å². The quantitative estimate of drug-likeness (QED) is 0.833. The van der Waals surface area contributed by atoms with Gasteiger partial charge in [-0.1, -0.05) is 20.8 Å². The molecule has 0 amide bonds. The van der Waals surface area contributed by atoms with Crippen molar-refractivity contribution in [2.24, 2.45) is 5.92 Å². The lowest BCUT2D eigenvalue weighted by molar-refractivity contribution is 0.0169. The smallest absolute Gasteiger partial charge is 0.339 e. The van der Waals surface area contributed by atoms with Gasteiger partial charge in [-0.15, -0.1) is 0 Å². The molecule has 1 N–H and O–H groups in total. The van der Waals surface area contributed by atoms with Crippen molar-refractivity contribution in [3.63, 3.8) is 0 Å². The third kappa shape index (κ3) is 3.77. The number of carboxylic acids is 1. The van der Waals surface area contributed by atoms with Crippen molar-refractivity contribution < 1.29 is 23.8 Å². The van der Waals surface area contributed by atoms with Gasteiger partial charge in [-0.2, -0.15) is 0 Å². The lowest BCUT2D eigenvalue weighted by atomic mass is 10.0. The van der Waals surface area contributed by atoms with E-state index < -0.39 is 17.8 Å². The van der Waals surface area contributed by atoms with Gasteiger partial charge in [0, 0.05) is 0 Å². The number of rotatable bonds is 5. The molecule has 19 heavy (non-hydrogen) atoms. The molecule has 1 rings (SSSR count). The van der Waals surface area contributed by atoms with Crippen LogP contribution in [0, 0.1) is 11.7 Å². The molecular weight excluding hydrogens is 251 g/mol. The Kier molecular flexibility index (Phi) is 5.03. The van der Waals surface area contributed by atoms with E-state index in [1.54, 1.807) is 0 Å². The maximum Gasteiger partial charge on any atom is 0.339 e. The zero-order valence-corrected chi connectivity index (χ0v) is 11.1. The average Bonchev–Trinajstić information content (AvgIpc) is 2.34. The maximum atomic E-state index is 13.0. The zero-order valence-electron chi connectivity index (χ0n) is 11.1. The summed E-state index contributed by atoms with van der Waals surface area (Å²) in [5.41, 5.74) is -0.517. The molecule has 0 aliphatic heterocycles. The predicted molar refractivity (Wildman–Crippen MR) is 67.7 cm³/mol. The topological polar surface area (TPSA) is 63.6 Å². The third-order valence-corrected chi connectivity index (χ3v) is 2.84. The Morgan fingerprint density at radius 2 is 1.95 bits per heavy atom. The molecule has 0 aromatic heterocycles. The Labute approximate surface area is 111 Å². The van der Waals surface area contributed by atoms with Gasteiger partial charge in [0.25, 0.3) is 0 Å². The summed E-state index contributed by atoms with van der Waals surface area (Å²) in [4.78, 5) is 22.9. The molecule has 1 aromatic rings. The van der Waals surface area contributed by atoms with E-state index in [2.05, 4.69) is 0 Å². The van der Waals surface area contributed by atoms with Crippen LogP contribution in [-0.4, -0.2) is 23.1 Å². The number of hydrogen-bond donors (Lipinski definition) is 1. The van der Waals surface area contributed by atoms with Crippen LogP contribution < -0.4 is 0 Å². The van der Waals surface area contributed by atoms with E-state index in [9.17, 15) is 14.0 Å². The molecule has 104 valence electrons. The molecule has 0 aliphatic carbocycles. The van der Waals surface area contributed by atoms with E-state index in [1.807, 2.05) is 20.8 Å². The fourth-order valence-corrected chi connectivity index (χ4v) is 1.76. The Morgan fingerprint density at radius 3 is 2.42 bits per heavy atom. The van der Waals surface area contributed by atoms with Crippen LogP contribution in [-0.2, 0) is 4.74 Å². The molecule has 1 atom stereocenters. The molecule has 0 fully saturated rings. The lowest BCUT2D eigenvalue weighted by Gasteiger charge is -2.20. The summed E-state index contributed by atoms with van der Waals surface area (Å²) in [5, 5.41) is 8.97. The minimum atomic E-state index is -1.36. The Bertz CT molecular complexity index is 482. The number of benzene rings is 1. The van der Waals surface area contributed by atoms with Gasteiger partial charge in [-0.3, -0.25) is 0 Å². The highest BCUT2D eigenvalue weighted by Crippen LogP contribution is 2.17. The van der Waals surface area contributed by atoms with Crippen molar-refractivity contribution in [1.29, 1.82) is 0 Å². The Morgan fingerprint density at radius 1 is 1.32 bits per heavy atom. The zero-order chi connectivity index (χ0) is 14.6. The molecule has 1 aromatic carbocycles. The highest BCUT2D eigenvalue weighted by Gasteiger charge is 2.22. The van der Waals surface area contributed by atoms with Gasteiger partial charge in [0.15, 0.2) is 0 Å². The van der Waals surface area contributed by atoms with Crippen LogP contribution in [0.4, 0.5) is 4.39 Å². The van der Waals surface area contributed by atoms with Gasteiger partial charge in [0.1, 0.15) is 11.9 Å². The molecule has 0 bridgehead atoms. The average molecular weight is 268 g/mol. The SMILES string of the molecule is CCC(OC(=O)c1ccc(F)cc1C(=O)O)C(C)C. The molecule has 0 radical (unpaired) electrons. The summed E-state index contributed by atoms with van der Waals surface area (Å²) >= 11 is 0.